The van der Waals surface area contributed by atoms with E-state index in [0.717, 1.165) is 47.3 Å². The zero-order chi connectivity index (χ0) is 22.1. The van der Waals surface area contributed by atoms with E-state index in [9.17, 15) is 9.18 Å². The molecule has 5 rings (SSSR count). The first kappa shape index (κ1) is 21.1. The number of thiazole rings is 1. The normalized spacial score (nSPS) is 21.2. The van der Waals surface area contributed by atoms with E-state index in [1.165, 1.54) is 17.8 Å². The molecular weight excluding hydrogens is 425 g/mol. The fourth-order valence-electron chi connectivity index (χ4n) is 4.38. The van der Waals surface area contributed by atoms with E-state index in [2.05, 4.69) is 32.9 Å². The topological polar surface area (TPSA) is 60.5 Å². The smallest absolute Gasteiger partial charge is 0.241 e. The number of hydrogen-bond acceptors (Lipinski definition) is 6. The molecule has 0 saturated carbocycles. The third kappa shape index (κ3) is 4.26. The van der Waals surface area contributed by atoms with Gasteiger partial charge in [-0.1, -0.05) is 18.2 Å². The Morgan fingerprint density at radius 2 is 1.75 bits per heavy atom. The lowest BCUT2D eigenvalue weighted by atomic mass is 10.1. The van der Waals surface area contributed by atoms with Gasteiger partial charge in [-0.3, -0.25) is 4.79 Å². The Morgan fingerprint density at radius 1 is 1.03 bits per heavy atom. The van der Waals surface area contributed by atoms with Crippen LogP contribution in [-0.4, -0.2) is 48.0 Å². The molecular formula is C24H26FN5OS. The number of aryl methyl sites for hydroxylation is 1. The maximum atomic E-state index is 13.2. The molecule has 2 aromatic carbocycles. The van der Waals surface area contributed by atoms with Crippen molar-refractivity contribution >= 4 is 22.9 Å². The Balaban J connectivity index is 1.20. The van der Waals surface area contributed by atoms with Crippen molar-refractivity contribution in [3.8, 4) is 10.6 Å². The lowest BCUT2D eigenvalue weighted by Crippen LogP contribution is -2.53. The van der Waals surface area contributed by atoms with Gasteiger partial charge in [0, 0.05) is 42.3 Å². The molecule has 2 aliphatic rings. The molecule has 2 atom stereocenters. The maximum absolute atomic E-state index is 13.2. The van der Waals surface area contributed by atoms with Crippen molar-refractivity contribution in [2.24, 2.45) is 0 Å². The predicted octanol–water partition coefficient (Wildman–Crippen LogP) is 3.51. The van der Waals surface area contributed by atoms with E-state index in [0.29, 0.717) is 6.42 Å². The second-order valence-electron chi connectivity index (χ2n) is 8.25. The lowest BCUT2D eigenvalue weighted by molar-refractivity contribution is -0.133. The van der Waals surface area contributed by atoms with Crippen LogP contribution < -0.4 is 15.8 Å². The molecule has 3 heterocycles. The number of benzene rings is 2. The van der Waals surface area contributed by atoms with Crippen LogP contribution in [0, 0.1) is 12.7 Å². The highest BCUT2D eigenvalue weighted by atomic mass is 32.1. The second-order valence-corrected chi connectivity index (χ2v) is 9.28. The summed E-state index contributed by atoms with van der Waals surface area (Å²) < 4.78 is 13.2. The number of carbonyl (C=O) groups is 1. The summed E-state index contributed by atoms with van der Waals surface area (Å²) >= 11 is 1.60. The Morgan fingerprint density at radius 3 is 2.47 bits per heavy atom. The summed E-state index contributed by atoms with van der Waals surface area (Å²) in [6.07, 6.45) is 0.684. The number of rotatable bonds is 4. The third-order valence-corrected chi connectivity index (χ3v) is 7.47. The zero-order valence-corrected chi connectivity index (χ0v) is 18.7. The van der Waals surface area contributed by atoms with Crippen LogP contribution in [0.2, 0.25) is 0 Å². The Hall–Kier alpha value is -2.81. The molecule has 32 heavy (non-hydrogen) atoms. The Kier molecular flexibility index (Phi) is 5.91. The summed E-state index contributed by atoms with van der Waals surface area (Å²) in [6, 6.07) is 16.5. The number of hydrazine groups is 1. The number of halogens is 1. The van der Waals surface area contributed by atoms with Gasteiger partial charge in [-0.25, -0.2) is 20.2 Å². The van der Waals surface area contributed by atoms with Crippen LogP contribution in [0.1, 0.15) is 23.0 Å². The van der Waals surface area contributed by atoms with E-state index in [4.69, 9.17) is 0 Å². The molecule has 2 N–H and O–H groups in total. The van der Waals surface area contributed by atoms with E-state index in [1.54, 1.807) is 23.5 Å². The standard InChI is InChI=1S/C24H26FN5OS/c1-16-22(32-23(26-16)17-7-9-18(25)10-8-17)20-15-21(28-27-20)24(31)30-13-11-29(12-14-30)19-5-3-2-4-6-19/h2-10,20-21,27-28H,11-15H2,1H3. The largest absolute Gasteiger partial charge is 0.368 e. The summed E-state index contributed by atoms with van der Waals surface area (Å²) in [5, 5.41) is 0.867. The molecule has 1 amide bonds. The highest BCUT2D eigenvalue weighted by Crippen LogP contribution is 2.35. The van der Waals surface area contributed by atoms with Gasteiger partial charge in [0.2, 0.25) is 5.91 Å². The van der Waals surface area contributed by atoms with Crippen molar-refractivity contribution in [3.05, 3.63) is 71.0 Å². The summed E-state index contributed by atoms with van der Waals surface area (Å²) in [5.41, 5.74) is 9.55. The zero-order valence-electron chi connectivity index (χ0n) is 17.9. The molecule has 1 aromatic heterocycles. The van der Waals surface area contributed by atoms with E-state index < -0.39 is 0 Å². The molecule has 0 spiro atoms. The van der Waals surface area contributed by atoms with Crippen molar-refractivity contribution in [1.82, 2.24) is 20.7 Å². The molecule has 0 radical (unpaired) electrons. The molecule has 2 fully saturated rings. The first-order valence-electron chi connectivity index (χ1n) is 10.9. The molecule has 0 aliphatic carbocycles. The number of amides is 1. The molecule has 0 bridgehead atoms. The number of piperazine rings is 1. The second kappa shape index (κ2) is 8.97. The summed E-state index contributed by atoms with van der Waals surface area (Å²) in [4.78, 5) is 23.2. The van der Waals surface area contributed by atoms with Gasteiger partial charge in [-0.2, -0.15) is 0 Å². The van der Waals surface area contributed by atoms with Gasteiger partial charge in [0.25, 0.3) is 0 Å². The number of anilines is 1. The van der Waals surface area contributed by atoms with Crippen molar-refractivity contribution < 1.29 is 9.18 Å². The Bertz CT molecular complexity index is 1080. The predicted molar refractivity (Wildman–Crippen MR) is 125 cm³/mol. The molecule has 2 unspecified atom stereocenters. The molecule has 2 aliphatic heterocycles. The van der Waals surface area contributed by atoms with Crippen LogP contribution in [0.4, 0.5) is 10.1 Å². The summed E-state index contributed by atoms with van der Waals surface area (Å²) in [5.74, 6) is -0.108. The fourth-order valence-corrected chi connectivity index (χ4v) is 5.52. The number of carbonyl (C=O) groups excluding carboxylic acids is 1. The van der Waals surface area contributed by atoms with E-state index in [1.807, 2.05) is 30.0 Å². The minimum absolute atomic E-state index is 0.0289. The van der Waals surface area contributed by atoms with Gasteiger partial charge in [-0.15, -0.1) is 11.3 Å². The SMILES string of the molecule is Cc1nc(-c2ccc(F)cc2)sc1C1CC(C(=O)N2CCN(c3ccccc3)CC2)NN1. The molecule has 166 valence electrons. The van der Waals surface area contributed by atoms with Gasteiger partial charge >= 0.3 is 0 Å². The van der Waals surface area contributed by atoms with Gasteiger partial charge in [-0.05, 0) is 49.7 Å². The number of nitrogens with one attached hydrogen (secondary N) is 2. The van der Waals surface area contributed by atoms with Crippen LogP contribution >= 0.6 is 11.3 Å². The van der Waals surface area contributed by atoms with Gasteiger partial charge in [0.05, 0.1) is 11.7 Å². The number of hydrogen-bond donors (Lipinski definition) is 2. The van der Waals surface area contributed by atoms with Crippen molar-refractivity contribution in [2.75, 3.05) is 31.1 Å². The molecule has 6 nitrogen and oxygen atoms in total. The first-order valence-corrected chi connectivity index (χ1v) is 11.7. The van der Waals surface area contributed by atoms with Gasteiger partial charge in [0.1, 0.15) is 16.9 Å². The monoisotopic (exact) mass is 451 g/mol. The highest BCUT2D eigenvalue weighted by molar-refractivity contribution is 7.15. The van der Waals surface area contributed by atoms with Crippen molar-refractivity contribution in [2.45, 2.75) is 25.4 Å². The van der Waals surface area contributed by atoms with E-state index in [-0.39, 0.29) is 23.8 Å². The van der Waals surface area contributed by atoms with Crippen LogP contribution in [-0.2, 0) is 4.79 Å². The first-order chi connectivity index (χ1) is 15.6. The average molecular weight is 452 g/mol. The van der Waals surface area contributed by atoms with E-state index >= 15 is 0 Å². The van der Waals surface area contributed by atoms with Crippen LogP contribution in [0.15, 0.2) is 54.6 Å². The highest BCUT2D eigenvalue weighted by Gasteiger charge is 2.35. The van der Waals surface area contributed by atoms with Crippen LogP contribution in [0.5, 0.6) is 0 Å². The molecule has 2 saturated heterocycles. The minimum Gasteiger partial charge on any atom is -0.368 e. The Labute approximate surface area is 191 Å². The quantitative estimate of drug-likeness (QED) is 0.636. The van der Waals surface area contributed by atoms with Crippen molar-refractivity contribution in [1.29, 1.82) is 0 Å². The molecule has 8 heteroatoms. The van der Waals surface area contributed by atoms with Gasteiger partial charge < -0.3 is 9.80 Å². The summed E-state index contributed by atoms with van der Waals surface area (Å²) in [6.45, 7) is 5.12. The molecule has 3 aromatic rings. The maximum Gasteiger partial charge on any atom is 0.241 e. The van der Waals surface area contributed by atoms with Crippen LogP contribution in [0.3, 0.4) is 0 Å². The van der Waals surface area contributed by atoms with Gasteiger partial charge in [0.15, 0.2) is 0 Å². The number of nitrogens with zero attached hydrogens (tertiary/aromatic N) is 3. The average Bonchev–Trinajstić information content (AvgIpc) is 3.47. The van der Waals surface area contributed by atoms with Crippen molar-refractivity contribution in [3.63, 3.8) is 0 Å². The minimum atomic E-state index is -0.255. The number of aromatic nitrogens is 1. The number of para-hydroxylation sites is 1. The lowest BCUT2D eigenvalue weighted by Gasteiger charge is -2.37. The third-order valence-electron chi connectivity index (χ3n) is 6.15. The fraction of sp³-hybridized carbons (Fsp3) is 0.333. The van der Waals surface area contributed by atoms with Crippen LogP contribution in [0.25, 0.3) is 10.6 Å². The summed E-state index contributed by atoms with van der Waals surface area (Å²) in [7, 11) is 0.